The number of amides is 2. The van der Waals surface area contributed by atoms with E-state index in [0.29, 0.717) is 0 Å². The molecule has 0 unspecified atom stereocenters. The number of benzene rings is 2. The lowest BCUT2D eigenvalue weighted by molar-refractivity contribution is -0.133. The Kier molecular flexibility index (Phi) is 7.49. The van der Waals surface area contributed by atoms with Crippen LogP contribution in [0.3, 0.4) is 0 Å². The molecule has 5 nitrogen and oxygen atoms in total. The molecule has 2 aromatic rings. The second-order valence-electron chi connectivity index (χ2n) is 6.39. The number of hydrogen-bond acceptors (Lipinski definition) is 3. The topological polar surface area (TPSA) is 61.4 Å². The van der Waals surface area contributed by atoms with Crippen molar-refractivity contribution in [3.05, 3.63) is 71.0 Å². The first kappa shape index (κ1) is 20.6. The van der Waals surface area contributed by atoms with E-state index in [0.717, 1.165) is 17.5 Å². The van der Waals surface area contributed by atoms with Crippen LogP contribution in [0.2, 0.25) is 0 Å². The Labute approximate surface area is 159 Å². The molecule has 0 radical (unpaired) electrons. The maximum Gasteiger partial charge on any atom is 0.239 e. The number of likely N-dealkylation sites (N-methyl/N-ethyl adjacent to an activating group) is 2. The second-order valence-corrected chi connectivity index (χ2v) is 6.39. The van der Waals surface area contributed by atoms with Crippen molar-refractivity contribution in [1.82, 2.24) is 15.5 Å². The van der Waals surface area contributed by atoms with Gasteiger partial charge in [-0.05, 0) is 35.2 Å². The average molecular weight is 371 g/mol. The van der Waals surface area contributed by atoms with Gasteiger partial charge in [0.25, 0.3) is 0 Å². The van der Waals surface area contributed by atoms with E-state index >= 15 is 0 Å². The molecule has 0 spiro atoms. The molecular formula is C21H26FN3O2. The molecule has 2 amide bonds. The number of carbonyl (C=O) groups excluding carboxylic acids is 2. The summed E-state index contributed by atoms with van der Waals surface area (Å²) in [6.07, 6.45) is 0.932. The molecule has 0 aliphatic heterocycles. The summed E-state index contributed by atoms with van der Waals surface area (Å²) in [5.41, 5.74) is 2.89. The number of nitrogens with one attached hydrogen (secondary N) is 2. The van der Waals surface area contributed by atoms with Gasteiger partial charge in [-0.1, -0.05) is 43.3 Å². The Morgan fingerprint density at radius 3 is 2.41 bits per heavy atom. The van der Waals surface area contributed by atoms with E-state index < -0.39 is 0 Å². The number of hydrogen-bond donors (Lipinski definition) is 2. The maximum absolute atomic E-state index is 13.7. The lowest BCUT2D eigenvalue weighted by Gasteiger charge is -2.22. The van der Waals surface area contributed by atoms with Crippen molar-refractivity contribution < 1.29 is 14.0 Å². The molecule has 0 bridgehead atoms. The minimum atomic E-state index is -0.330. The monoisotopic (exact) mass is 371 g/mol. The zero-order valence-corrected chi connectivity index (χ0v) is 16.0. The zero-order valence-electron chi connectivity index (χ0n) is 16.0. The predicted molar refractivity (Wildman–Crippen MR) is 104 cm³/mol. The maximum atomic E-state index is 13.7. The summed E-state index contributed by atoms with van der Waals surface area (Å²) in [5.74, 6) is -0.777. The van der Waals surface area contributed by atoms with Gasteiger partial charge < -0.3 is 10.2 Å². The zero-order chi connectivity index (χ0) is 19.8. The van der Waals surface area contributed by atoms with Crippen LogP contribution in [0.25, 0.3) is 0 Å². The summed E-state index contributed by atoms with van der Waals surface area (Å²) < 4.78 is 13.7. The third kappa shape index (κ3) is 5.89. The lowest BCUT2D eigenvalue weighted by atomic mass is 9.97. The van der Waals surface area contributed by atoms with E-state index in [9.17, 15) is 14.0 Å². The first-order valence-electron chi connectivity index (χ1n) is 8.96. The van der Waals surface area contributed by atoms with Crippen LogP contribution in [0, 0.1) is 5.82 Å². The minimum Gasteiger partial charge on any atom is -0.358 e. The largest absolute Gasteiger partial charge is 0.358 e. The van der Waals surface area contributed by atoms with Crippen molar-refractivity contribution in [3.8, 4) is 0 Å². The number of carbonyl (C=O) groups is 2. The highest BCUT2D eigenvalue weighted by atomic mass is 19.1. The van der Waals surface area contributed by atoms with Gasteiger partial charge in [0.2, 0.25) is 11.8 Å². The fraction of sp³-hybridized carbons (Fsp3) is 0.333. The molecule has 2 N–H and O–H groups in total. The van der Waals surface area contributed by atoms with Gasteiger partial charge in [0.1, 0.15) is 5.82 Å². The molecule has 0 aliphatic rings. The van der Waals surface area contributed by atoms with Crippen molar-refractivity contribution in [1.29, 1.82) is 0 Å². The highest BCUT2D eigenvalue weighted by molar-refractivity contribution is 5.85. The summed E-state index contributed by atoms with van der Waals surface area (Å²) in [6.45, 7) is 2.11. The number of rotatable bonds is 8. The molecule has 2 rings (SSSR count). The van der Waals surface area contributed by atoms with Crippen LogP contribution < -0.4 is 10.6 Å². The van der Waals surface area contributed by atoms with Crippen molar-refractivity contribution in [2.24, 2.45) is 0 Å². The summed E-state index contributed by atoms with van der Waals surface area (Å²) in [4.78, 5) is 25.1. The van der Waals surface area contributed by atoms with E-state index in [2.05, 4.69) is 17.6 Å². The molecule has 0 heterocycles. The average Bonchev–Trinajstić information content (AvgIpc) is 2.68. The van der Waals surface area contributed by atoms with Crippen LogP contribution >= 0.6 is 0 Å². The normalized spacial score (nSPS) is 11.7. The highest BCUT2D eigenvalue weighted by Gasteiger charge is 2.18. The van der Waals surface area contributed by atoms with Gasteiger partial charge in [0.15, 0.2) is 0 Å². The van der Waals surface area contributed by atoms with Gasteiger partial charge in [-0.25, -0.2) is 4.39 Å². The fourth-order valence-corrected chi connectivity index (χ4v) is 2.77. The van der Waals surface area contributed by atoms with Crippen LogP contribution in [-0.4, -0.2) is 43.9 Å². The van der Waals surface area contributed by atoms with Crippen LogP contribution in [0.1, 0.15) is 29.7 Å². The summed E-state index contributed by atoms with van der Waals surface area (Å²) in [5, 5.41) is 5.69. The third-order valence-electron chi connectivity index (χ3n) is 4.45. The standard InChI is InChI=1S/C21H26FN3O2/c1-4-15-8-10-16(11-9-15)21(17-6-5-7-18(22)12-17)24-13-20(27)25(3)14-19(26)23-2/h5-12,21,24H,4,13-14H2,1-3H3,(H,23,26)/t21-/m1/s1. The molecule has 1 atom stereocenters. The molecule has 0 saturated heterocycles. The van der Waals surface area contributed by atoms with E-state index in [1.807, 2.05) is 30.3 Å². The molecule has 0 fully saturated rings. The summed E-state index contributed by atoms with van der Waals surface area (Å²) in [7, 11) is 3.10. The third-order valence-corrected chi connectivity index (χ3v) is 4.45. The van der Waals surface area contributed by atoms with Crippen LogP contribution in [0.4, 0.5) is 4.39 Å². The SMILES string of the molecule is CCc1ccc([C@@H](NCC(=O)N(C)CC(=O)NC)c2cccc(F)c2)cc1. The molecule has 0 aliphatic carbocycles. The van der Waals surface area contributed by atoms with Crippen LogP contribution in [0.15, 0.2) is 48.5 Å². The smallest absolute Gasteiger partial charge is 0.239 e. The molecule has 6 heteroatoms. The second kappa shape index (κ2) is 9.83. The highest BCUT2D eigenvalue weighted by Crippen LogP contribution is 2.23. The van der Waals surface area contributed by atoms with Crippen molar-refractivity contribution in [3.63, 3.8) is 0 Å². The molecule has 0 aromatic heterocycles. The number of aryl methyl sites for hydroxylation is 1. The van der Waals surface area contributed by atoms with Gasteiger partial charge in [-0.3, -0.25) is 14.9 Å². The predicted octanol–water partition coefficient (Wildman–Crippen LogP) is 2.27. The molecule has 27 heavy (non-hydrogen) atoms. The summed E-state index contributed by atoms with van der Waals surface area (Å²) in [6, 6.07) is 14.0. The van der Waals surface area contributed by atoms with Crippen molar-refractivity contribution in [2.45, 2.75) is 19.4 Å². The van der Waals surface area contributed by atoms with Gasteiger partial charge in [0, 0.05) is 14.1 Å². The van der Waals surface area contributed by atoms with Crippen LogP contribution in [-0.2, 0) is 16.0 Å². The number of halogens is 1. The van der Waals surface area contributed by atoms with Crippen LogP contribution in [0.5, 0.6) is 0 Å². The van der Waals surface area contributed by atoms with E-state index in [-0.39, 0.29) is 36.8 Å². The lowest BCUT2D eigenvalue weighted by Crippen LogP contribution is -2.42. The first-order chi connectivity index (χ1) is 12.9. The first-order valence-corrected chi connectivity index (χ1v) is 8.96. The number of nitrogens with zero attached hydrogens (tertiary/aromatic N) is 1. The molecule has 2 aromatic carbocycles. The van der Waals surface area contributed by atoms with Gasteiger partial charge in [0.05, 0.1) is 19.1 Å². The Bertz CT molecular complexity index is 777. The molecular weight excluding hydrogens is 345 g/mol. The quantitative estimate of drug-likeness (QED) is 0.748. The minimum absolute atomic E-state index is 0.00710. The van der Waals surface area contributed by atoms with Gasteiger partial charge >= 0.3 is 0 Å². The summed E-state index contributed by atoms with van der Waals surface area (Å²) >= 11 is 0. The Balaban J connectivity index is 2.17. The van der Waals surface area contributed by atoms with Crippen molar-refractivity contribution in [2.75, 3.05) is 27.2 Å². The molecule has 0 saturated carbocycles. The fourth-order valence-electron chi connectivity index (χ4n) is 2.77. The molecule has 144 valence electrons. The Morgan fingerprint density at radius 1 is 1.11 bits per heavy atom. The Morgan fingerprint density at radius 2 is 1.81 bits per heavy atom. The Hall–Kier alpha value is -2.73. The van der Waals surface area contributed by atoms with Gasteiger partial charge in [-0.15, -0.1) is 0 Å². The van der Waals surface area contributed by atoms with Crippen molar-refractivity contribution >= 4 is 11.8 Å². The van der Waals surface area contributed by atoms with Gasteiger partial charge in [-0.2, -0.15) is 0 Å². The van der Waals surface area contributed by atoms with E-state index in [1.54, 1.807) is 13.1 Å². The van der Waals surface area contributed by atoms with E-state index in [4.69, 9.17) is 0 Å². The van der Waals surface area contributed by atoms with E-state index in [1.165, 1.54) is 29.6 Å².